The van der Waals surface area contributed by atoms with Crippen LogP contribution in [0.15, 0.2) is 48.8 Å². The van der Waals surface area contributed by atoms with Gasteiger partial charge in [0, 0.05) is 23.7 Å². The fraction of sp³-hybridized carbons (Fsp3) is 0.393. The number of amides is 1. The Hall–Kier alpha value is -3.52. The molecule has 1 aromatic heterocycles. The molecule has 36 heavy (non-hydrogen) atoms. The number of ether oxygens (including phenoxy) is 1. The minimum Gasteiger partial charge on any atom is -0.494 e. The molecule has 2 N–H and O–H groups in total. The lowest BCUT2D eigenvalue weighted by Gasteiger charge is -2.31. The molecule has 2 aromatic carbocycles. The Morgan fingerprint density at radius 3 is 2.56 bits per heavy atom. The molecule has 5 rings (SSSR count). The Morgan fingerprint density at radius 2 is 1.92 bits per heavy atom. The summed E-state index contributed by atoms with van der Waals surface area (Å²) < 4.78 is 18.7. The largest absolute Gasteiger partial charge is 0.494 e. The second kappa shape index (κ2) is 11.5. The summed E-state index contributed by atoms with van der Waals surface area (Å²) >= 11 is 0. The fourth-order valence-electron chi connectivity index (χ4n) is 4.53. The summed E-state index contributed by atoms with van der Waals surface area (Å²) in [5, 5.41) is 6.43. The molecule has 2 fully saturated rings. The lowest BCUT2D eigenvalue weighted by Crippen LogP contribution is -2.34. The molecule has 0 atom stereocenters. The summed E-state index contributed by atoms with van der Waals surface area (Å²) in [6.07, 6.45) is 12.4. The number of benzene rings is 2. The van der Waals surface area contributed by atoms with E-state index in [1.807, 2.05) is 0 Å². The third kappa shape index (κ3) is 6.18. The van der Waals surface area contributed by atoms with Crippen molar-refractivity contribution in [1.82, 2.24) is 14.9 Å². The minimum absolute atomic E-state index is 0.268. The molecule has 0 radical (unpaired) electrons. The van der Waals surface area contributed by atoms with Gasteiger partial charge in [-0.15, -0.1) is 0 Å². The summed E-state index contributed by atoms with van der Waals surface area (Å²) in [6.45, 7) is 7.64. The molecule has 2 heterocycles. The lowest BCUT2D eigenvalue weighted by molar-refractivity contribution is -0.105. The molecule has 1 spiro atoms. The van der Waals surface area contributed by atoms with E-state index in [1.54, 1.807) is 31.2 Å². The van der Waals surface area contributed by atoms with E-state index in [1.165, 1.54) is 64.8 Å². The molecule has 190 valence electrons. The number of nitrogens with zero attached hydrogens (tertiary/aromatic N) is 3. The minimum atomic E-state index is -0.268. The van der Waals surface area contributed by atoms with Gasteiger partial charge in [0.2, 0.25) is 6.41 Å². The molecule has 8 heteroatoms. The van der Waals surface area contributed by atoms with Crippen molar-refractivity contribution < 1.29 is 13.9 Å². The van der Waals surface area contributed by atoms with Crippen molar-refractivity contribution >= 4 is 34.5 Å². The second-order valence-corrected chi connectivity index (χ2v) is 9.51. The first-order valence-corrected chi connectivity index (χ1v) is 12.4. The Kier molecular flexibility index (Phi) is 8.15. The van der Waals surface area contributed by atoms with E-state index in [-0.39, 0.29) is 5.82 Å². The van der Waals surface area contributed by atoms with Crippen LogP contribution in [0, 0.1) is 18.2 Å². The third-order valence-corrected chi connectivity index (χ3v) is 7.06. The summed E-state index contributed by atoms with van der Waals surface area (Å²) in [6, 6.07) is 8.15. The van der Waals surface area contributed by atoms with E-state index in [9.17, 15) is 9.18 Å². The number of hydrogen-bond acceptors (Lipinski definition) is 6. The van der Waals surface area contributed by atoms with Gasteiger partial charge >= 0.3 is 0 Å². The number of anilines is 3. The molecule has 0 unspecified atom stereocenters. The number of methoxy groups -OCH3 is 1. The first-order valence-electron chi connectivity index (χ1n) is 12.4. The number of carbonyl (C=O) groups is 1. The van der Waals surface area contributed by atoms with Crippen molar-refractivity contribution in [3.63, 3.8) is 0 Å². The van der Waals surface area contributed by atoms with Gasteiger partial charge in [-0.3, -0.25) is 9.69 Å². The van der Waals surface area contributed by atoms with Crippen LogP contribution >= 0.6 is 0 Å². The van der Waals surface area contributed by atoms with Crippen LogP contribution in [-0.2, 0) is 4.79 Å². The van der Waals surface area contributed by atoms with E-state index in [4.69, 9.17) is 4.74 Å². The second-order valence-electron chi connectivity index (χ2n) is 9.51. The third-order valence-electron chi connectivity index (χ3n) is 7.06. The van der Waals surface area contributed by atoms with Crippen LogP contribution in [-0.4, -0.2) is 48.0 Å². The Balaban J connectivity index is 0.000000211. The zero-order valence-electron chi connectivity index (χ0n) is 21.2. The van der Waals surface area contributed by atoms with E-state index in [0.29, 0.717) is 45.8 Å². The zero-order chi connectivity index (χ0) is 25.5. The topological polar surface area (TPSA) is 79.4 Å². The Morgan fingerprint density at radius 1 is 1.14 bits per heavy atom. The smallest absolute Gasteiger partial charge is 0.211 e. The molecular formula is C28H34FN5O2. The number of likely N-dealkylation sites (tertiary alicyclic amines) is 1. The monoisotopic (exact) mass is 491 g/mol. The van der Waals surface area contributed by atoms with Crippen LogP contribution in [0.5, 0.6) is 5.75 Å². The average Bonchev–Trinajstić information content (AvgIpc) is 3.65. The maximum atomic E-state index is 13.4. The average molecular weight is 492 g/mol. The van der Waals surface area contributed by atoms with Gasteiger partial charge in [0.25, 0.3) is 0 Å². The molecule has 3 aromatic rings. The van der Waals surface area contributed by atoms with Crippen LogP contribution in [0.2, 0.25) is 0 Å². The Labute approximate surface area is 211 Å². The van der Waals surface area contributed by atoms with Gasteiger partial charge in [-0.2, -0.15) is 0 Å². The molecule has 1 saturated heterocycles. The van der Waals surface area contributed by atoms with Gasteiger partial charge in [0.05, 0.1) is 18.3 Å². The molecule has 2 aliphatic rings. The molecule has 1 amide bonds. The lowest BCUT2D eigenvalue weighted by atomic mass is 9.94. The van der Waals surface area contributed by atoms with Gasteiger partial charge in [-0.1, -0.05) is 12.2 Å². The maximum Gasteiger partial charge on any atom is 0.211 e. The first kappa shape index (κ1) is 25.6. The predicted octanol–water partition coefficient (Wildman–Crippen LogP) is 5.84. The number of nitrogens with one attached hydrogen (secondary N) is 2. The van der Waals surface area contributed by atoms with Crippen molar-refractivity contribution in [3.05, 3.63) is 60.2 Å². The predicted molar refractivity (Wildman–Crippen MR) is 142 cm³/mol. The standard InChI is InChI=1S/C17H15FN4O2.C11H19N/c1-10-5-11(3-4-13(10)18)22-17-12-6-15(21-9-23)16(24-2)7-14(12)19-8-20-17;1-2-3-8-12-9-6-11(4-5-11)7-10-12/h3-9H,1-2H3,(H,21,23)(H,19,20,22);2-3H,4-10H2,1H3/b;3-2+. The number of carbonyl (C=O) groups excluding carboxylic acids is 1. The van der Waals surface area contributed by atoms with Crippen molar-refractivity contribution in [2.45, 2.75) is 39.5 Å². The zero-order valence-corrected chi connectivity index (χ0v) is 21.2. The highest BCUT2D eigenvalue weighted by molar-refractivity contribution is 5.96. The molecule has 1 saturated carbocycles. The van der Waals surface area contributed by atoms with Crippen LogP contribution in [0.3, 0.4) is 0 Å². The number of fused-ring (bicyclic) bond motifs is 1. The number of halogens is 1. The van der Waals surface area contributed by atoms with Gasteiger partial charge in [0.15, 0.2) is 0 Å². The summed E-state index contributed by atoms with van der Waals surface area (Å²) in [5.41, 5.74) is 3.23. The summed E-state index contributed by atoms with van der Waals surface area (Å²) in [5.74, 6) is 0.773. The summed E-state index contributed by atoms with van der Waals surface area (Å²) in [4.78, 5) is 21.8. The summed E-state index contributed by atoms with van der Waals surface area (Å²) in [7, 11) is 1.51. The number of hydrogen-bond donors (Lipinski definition) is 2. The number of aromatic nitrogens is 2. The molecule has 1 aliphatic carbocycles. The molecular weight excluding hydrogens is 457 g/mol. The van der Waals surface area contributed by atoms with Crippen LogP contribution in [0.25, 0.3) is 10.9 Å². The van der Waals surface area contributed by atoms with Crippen molar-refractivity contribution in [2.24, 2.45) is 5.41 Å². The van der Waals surface area contributed by atoms with E-state index >= 15 is 0 Å². The fourth-order valence-corrected chi connectivity index (χ4v) is 4.53. The molecule has 7 nitrogen and oxygen atoms in total. The molecule has 1 aliphatic heterocycles. The van der Waals surface area contributed by atoms with Gasteiger partial charge < -0.3 is 15.4 Å². The van der Waals surface area contributed by atoms with Gasteiger partial charge in [-0.25, -0.2) is 14.4 Å². The highest BCUT2D eigenvalue weighted by atomic mass is 19.1. The number of aryl methyl sites for hydroxylation is 1. The van der Waals surface area contributed by atoms with Crippen molar-refractivity contribution in [1.29, 1.82) is 0 Å². The van der Waals surface area contributed by atoms with Crippen molar-refractivity contribution in [3.8, 4) is 5.75 Å². The number of rotatable bonds is 7. The van der Waals surface area contributed by atoms with Gasteiger partial charge in [0.1, 0.15) is 23.7 Å². The van der Waals surface area contributed by atoms with Crippen LogP contribution < -0.4 is 15.4 Å². The van der Waals surface area contributed by atoms with E-state index < -0.39 is 0 Å². The maximum absolute atomic E-state index is 13.4. The van der Waals surface area contributed by atoms with E-state index in [0.717, 1.165) is 5.41 Å². The normalized spacial score (nSPS) is 16.4. The molecule has 0 bridgehead atoms. The number of allylic oxidation sites excluding steroid dienone is 1. The Bertz CT molecular complexity index is 1230. The van der Waals surface area contributed by atoms with Crippen molar-refractivity contribution in [2.75, 3.05) is 37.4 Å². The first-order chi connectivity index (χ1) is 17.5. The quantitative estimate of drug-likeness (QED) is 0.319. The van der Waals surface area contributed by atoms with Crippen LogP contribution in [0.1, 0.15) is 38.2 Å². The number of piperidine rings is 1. The van der Waals surface area contributed by atoms with Crippen LogP contribution in [0.4, 0.5) is 21.6 Å². The highest BCUT2D eigenvalue weighted by Crippen LogP contribution is 2.53. The van der Waals surface area contributed by atoms with E-state index in [2.05, 4.69) is 44.6 Å². The van der Waals surface area contributed by atoms with Gasteiger partial charge in [-0.05, 0) is 87.9 Å². The SMILES string of the molecule is C/C=C/CN1CCC2(CC1)CC2.COc1cc2ncnc(Nc3ccc(F)c(C)c3)c2cc1NC=O. The highest BCUT2D eigenvalue weighted by Gasteiger charge is 2.44.